The summed E-state index contributed by atoms with van der Waals surface area (Å²) in [5.74, 6) is -1.02. The Balaban J connectivity index is 2.11. The van der Waals surface area contributed by atoms with Crippen LogP contribution in [0.1, 0.15) is 10.4 Å². The first-order valence-electron chi connectivity index (χ1n) is 8.51. The number of sulfone groups is 1. The van der Waals surface area contributed by atoms with E-state index in [1.54, 1.807) is 18.2 Å². The number of nitrogens with two attached hydrogens (primary N) is 1. The van der Waals surface area contributed by atoms with Crippen LogP contribution in [0.25, 0.3) is 0 Å². The summed E-state index contributed by atoms with van der Waals surface area (Å²) in [4.78, 5) is 23.6. The van der Waals surface area contributed by atoms with Crippen molar-refractivity contribution in [3.63, 3.8) is 0 Å². The molecular weight excluding hydrogens is 400 g/mol. The highest BCUT2D eigenvalue weighted by atomic mass is 32.2. The summed E-state index contributed by atoms with van der Waals surface area (Å²) in [6, 6.07) is 10.8. The van der Waals surface area contributed by atoms with E-state index in [2.05, 4.69) is 5.32 Å². The van der Waals surface area contributed by atoms with Crippen LogP contribution < -0.4 is 25.3 Å². The quantitative estimate of drug-likeness (QED) is 0.577. The zero-order valence-corrected chi connectivity index (χ0v) is 16.8. The van der Waals surface area contributed by atoms with E-state index in [-0.39, 0.29) is 40.0 Å². The molecule has 156 valence electrons. The third-order valence-corrected chi connectivity index (χ3v) is 5.57. The van der Waals surface area contributed by atoms with Gasteiger partial charge in [0, 0.05) is 12.1 Å². The van der Waals surface area contributed by atoms with Crippen LogP contribution in [0.15, 0.2) is 47.4 Å². The Hall–Kier alpha value is -3.27. The molecule has 0 aliphatic carbocycles. The second-order valence-electron chi connectivity index (χ2n) is 5.85. The van der Waals surface area contributed by atoms with E-state index in [0.717, 1.165) is 0 Å². The van der Waals surface area contributed by atoms with Crippen molar-refractivity contribution in [2.45, 2.75) is 4.90 Å². The van der Waals surface area contributed by atoms with E-state index in [1.165, 1.54) is 38.5 Å². The number of carbonyl (C=O) groups excluding carboxylic acids is 2. The van der Waals surface area contributed by atoms with Gasteiger partial charge in [0.05, 0.1) is 24.9 Å². The Labute approximate surface area is 168 Å². The smallest absolute Gasteiger partial charge is 0.255 e. The number of ether oxygens (including phenoxy) is 3. The fraction of sp³-hybridized carbons (Fsp3) is 0.263. The average molecular weight is 422 g/mol. The zero-order chi connectivity index (χ0) is 21.4. The van der Waals surface area contributed by atoms with Crippen LogP contribution in [0.2, 0.25) is 0 Å². The van der Waals surface area contributed by atoms with Gasteiger partial charge in [-0.15, -0.1) is 0 Å². The number of benzene rings is 2. The molecule has 0 saturated heterocycles. The van der Waals surface area contributed by atoms with E-state index in [1.807, 2.05) is 0 Å². The van der Waals surface area contributed by atoms with E-state index in [4.69, 9.17) is 19.9 Å². The monoisotopic (exact) mass is 422 g/mol. The molecule has 0 aromatic heterocycles. The predicted molar refractivity (Wildman–Crippen MR) is 105 cm³/mol. The van der Waals surface area contributed by atoms with Crippen molar-refractivity contribution in [1.29, 1.82) is 0 Å². The molecule has 0 atom stereocenters. The fourth-order valence-corrected chi connectivity index (χ4v) is 3.62. The number of hydrogen-bond donors (Lipinski definition) is 2. The van der Waals surface area contributed by atoms with Gasteiger partial charge in [-0.2, -0.15) is 0 Å². The second-order valence-corrected chi connectivity index (χ2v) is 7.96. The molecule has 0 saturated carbocycles. The first-order chi connectivity index (χ1) is 13.8. The molecule has 2 aromatic carbocycles. The van der Waals surface area contributed by atoms with Gasteiger partial charge in [0.15, 0.2) is 27.9 Å². The van der Waals surface area contributed by atoms with Crippen molar-refractivity contribution in [2.24, 2.45) is 5.73 Å². The largest absolute Gasteiger partial charge is 0.493 e. The van der Waals surface area contributed by atoms with Crippen LogP contribution in [0, 0.1) is 0 Å². The molecule has 0 radical (unpaired) electrons. The molecule has 0 aliphatic heterocycles. The van der Waals surface area contributed by atoms with Crippen LogP contribution >= 0.6 is 0 Å². The van der Waals surface area contributed by atoms with E-state index >= 15 is 0 Å². The van der Waals surface area contributed by atoms with Crippen molar-refractivity contribution >= 4 is 21.7 Å². The molecule has 0 aliphatic rings. The molecule has 10 heteroatoms. The molecule has 3 N–H and O–H groups in total. The number of hydrogen-bond acceptors (Lipinski definition) is 7. The predicted octanol–water partition coefficient (Wildman–Crippen LogP) is 0.772. The first kappa shape index (κ1) is 22.0. The number of nitrogens with one attached hydrogen (secondary N) is 1. The van der Waals surface area contributed by atoms with Gasteiger partial charge in [0.25, 0.3) is 11.8 Å². The average Bonchev–Trinajstić information content (AvgIpc) is 2.71. The number of primary amides is 1. The fourth-order valence-electron chi connectivity index (χ4n) is 2.44. The summed E-state index contributed by atoms with van der Waals surface area (Å²) in [5, 5.41) is 2.55. The lowest BCUT2D eigenvalue weighted by atomic mass is 10.1. The third kappa shape index (κ3) is 5.85. The van der Waals surface area contributed by atoms with Gasteiger partial charge in [-0.05, 0) is 24.3 Å². The molecular formula is C19H22N2O7S. The molecule has 0 fully saturated rings. The van der Waals surface area contributed by atoms with Crippen molar-refractivity contribution in [3.05, 3.63) is 48.0 Å². The van der Waals surface area contributed by atoms with Crippen molar-refractivity contribution < 1.29 is 32.2 Å². The van der Waals surface area contributed by atoms with Crippen LogP contribution in [-0.4, -0.2) is 53.4 Å². The summed E-state index contributed by atoms with van der Waals surface area (Å²) in [5.41, 5.74) is 5.24. The van der Waals surface area contributed by atoms with Crippen LogP contribution in [0.5, 0.6) is 17.2 Å². The lowest BCUT2D eigenvalue weighted by Gasteiger charge is -2.15. The Morgan fingerprint density at radius 2 is 1.62 bits per heavy atom. The van der Waals surface area contributed by atoms with E-state index < -0.39 is 28.3 Å². The van der Waals surface area contributed by atoms with Crippen molar-refractivity contribution in [3.8, 4) is 17.2 Å². The third-order valence-electron chi connectivity index (χ3n) is 3.84. The number of methoxy groups -OCH3 is 2. The van der Waals surface area contributed by atoms with Crippen molar-refractivity contribution in [2.75, 3.05) is 33.1 Å². The van der Waals surface area contributed by atoms with Crippen LogP contribution in [0.4, 0.5) is 0 Å². The van der Waals surface area contributed by atoms with E-state index in [0.29, 0.717) is 0 Å². The van der Waals surface area contributed by atoms with Gasteiger partial charge in [-0.25, -0.2) is 8.42 Å². The Bertz CT molecular complexity index is 950. The molecule has 0 unspecified atom stereocenters. The van der Waals surface area contributed by atoms with Gasteiger partial charge in [-0.1, -0.05) is 18.2 Å². The molecule has 0 spiro atoms. The van der Waals surface area contributed by atoms with Gasteiger partial charge < -0.3 is 25.3 Å². The lowest BCUT2D eigenvalue weighted by Crippen LogP contribution is -2.29. The van der Waals surface area contributed by atoms with Crippen LogP contribution in [-0.2, 0) is 14.6 Å². The van der Waals surface area contributed by atoms with Gasteiger partial charge in [0.1, 0.15) is 0 Å². The summed E-state index contributed by atoms with van der Waals surface area (Å²) >= 11 is 0. The van der Waals surface area contributed by atoms with Crippen molar-refractivity contribution in [1.82, 2.24) is 5.32 Å². The SMILES string of the molecule is COc1cc(C(=O)NCCS(=O)(=O)c2ccccc2)cc(OC)c1OCC(N)=O. The first-order valence-corrected chi connectivity index (χ1v) is 10.2. The minimum absolute atomic E-state index is 0.0827. The minimum atomic E-state index is -3.51. The Morgan fingerprint density at radius 3 is 2.14 bits per heavy atom. The molecule has 0 bridgehead atoms. The molecule has 2 aromatic rings. The van der Waals surface area contributed by atoms with E-state index in [9.17, 15) is 18.0 Å². The van der Waals surface area contributed by atoms with Crippen LogP contribution in [0.3, 0.4) is 0 Å². The number of carbonyl (C=O) groups is 2. The maximum atomic E-state index is 12.4. The van der Waals surface area contributed by atoms with Gasteiger partial charge in [-0.3, -0.25) is 9.59 Å². The highest BCUT2D eigenvalue weighted by Gasteiger charge is 2.19. The van der Waals surface area contributed by atoms with Gasteiger partial charge in [0.2, 0.25) is 5.75 Å². The summed E-state index contributed by atoms with van der Waals surface area (Å²) in [6.07, 6.45) is 0. The normalized spacial score (nSPS) is 10.8. The standard InChI is InChI=1S/C19H22N2O7S/c1-26-15-10-13(11-16(27-2)18(15)28-12-17(20)22)19(23)21-8-9-29(24,25)14-6-4-3-5-7-14/h3-7,10-11H,8-9,12H2,1-2H3,(H2,20,22)(H,21,23). The minimum Gasteiger partial charge on any atom is -0.493 e. The summed E-state index contributed by atoms with van der Waals surface area (Å²) in [6.45, 7) is -0.476. The number of amides is 2. The second kappa shape index (κ2) is 9.78. The summed E-state index contributed by atoms with van der Waals surface area (Å²) < 4.78 is 40.2. The molecule has 9 nitrogen and oxygen atoms in total. The zero-order valence-electron chi connectivity index (χ0n) is 16.0. The molecule has 2 amide bonds. The maximum Gasteiger partial charge on any atom is 0.255 e. The topological polar surface area (TPSA) is 134 Å². The Morgan fingerprint density at radius 1 is 1.03 bits per heavy atom. The highest BCUT2D eigenvalue weighted by Crippen LogP contribution is 2.38. The molecule has 29 heavy (non-hydrogen) atoms. The maximum absolute atomic E-state index is 12.4. The summed E-state index contributed by atoms with van der Waals surface area (Å²) in [7, 11) is -0.792. The molecule has 2 rings (SSSR count). The highest BCUT2D eigenvalue weighted by molar-refractivity contribution is 7.91. The Kier molecular flexibility index (Phi) is 7.43. The lowest BCUT2D eigenvalue weighted by molar-refractivity contribution is -0.120. The number of rotatable bonds is 10. The van der Waals surface area contributed by atoms with Gasteiger partial charge >= 0.3 is 0 Å². The molecule has 0 heterocycles.